The Morgan fingerprint density at radius 2 is 1.91 bits per heavy atom. The molecule has 2 aromatic rings. The highest BCUT2D eigenvalue weighted by atomic mass is 32.2. The van der Waals surface area contributed by atoms with Gasteiger partial charge in [0.1, 0.15) is 12.4 Å². The molecule has 0 unspecified atom stereocenters. The van der Waals surface area contributed by atoms with Gasteiger partial charge < -0.3 is 4.74 Å². The molecule has 5 nitrogen and oxygen atoms in total. The lowest BCUT2D eigenvalue weighted by atomic mass is 10.2. The number of hydrogen-bond acceptors (Lipinski definition) is 4. The van der Waals surface area contributed by atoms with E-state index in [9.17, 15) is 13.2 Å². The predicted molar refractivity (Wildman–Crippen MR) is 86.0 cm³/mol. The van der Waals surface area contributed by atoms with Crippen LogP contribution in [0, 0.1) is 0 Å². The molecule has 3 rings (SSSR count). The summed E-state index contributed by atoms with van der Waals surface area (Å²) in [4.78, 5) is 11.6. The summed E-state index contributed by atoms with van der Waals surface area (Å²) in [5.74, 6) is 0.550. The third-order valence-corrected chi connectivity index (χ3v) is 5.64. The third-order valence-electron chi connectivity index (χ3n) is 3.80. The van der Waals surface area contributed by atoms with Gasteiger partial charge in [0.05, 0.1) is 4.90 Å². The zero-order valence-electron chi connectivity index (χ0n) is 12.7. The molecule has 0 N–H and O–H groups in total. The highest BCUT2D eigenvalue weighted by Gasteiger charge is 2.27. The van der Waals surface area contributed by atoms with Gasteiger partial charge in [-0.15, -0.1) is 0 Å². The van der Waals surface area contributed by atoms with E-state index in [2.05, 4.69) is 0 Å². The largest absolute Gasteiger partial charge is 0.492 e. The molecule has 0 radical (unpaired) electrons. The maximum absolute atomic E-state index is 12.9. The van der Waals surface area contributed by atoms with E-state index in [0.29, 0.717) is 17.9 Å². The average Bonchev–Trinajstić information content (AvgIpc) is 2.77. The maximum atomic E-state index is 12.9. The Kier molecular flexibility index (Phi) is 4.19. The minimum Gasteiger partial charge on any atom is -0.492 e. The molecule has 0 saturated carbocycles. The standard InChI is InChI=1S/C17H17NO4S/c1-13(19)14-6-4-7-16(11-14)23(20,21)18-9-10-22-17-8-3-2-5-15(17)12-18/h2-8,11H,9-10,12H2,1H3. The first kappa shape index (κ1) is 15.7. The molecular weight excluding hydrogens is 314 g/mol. The Labute approximate surface area is 135 Å². The van der Waals surface area contributed by atoms with Crippen molar-refractivity contribution < 1.29 is 17.9 Å². The number of rotatable bonds is 3. The van der Waals surface area contributed by atoms with E-state index in [1.807, 2.05) is 24.3 Å². The molecule has 0 aliphatic carbocycles. The van der Waals surface area contributed by atoms with Crippen LogP contribution in [0.1, 0.15) is 22.8 Å². The lowest BCUT2D eigenvalue weighted by Gasteiger charge is -2.19. The van der Waals surface area contributed by atoms with Gasteiger partial charge in [0.15, 0.2) is 5.78 Å². The van der Waals surface area contributed by atoms with E-state index in [1.165, 1.54) is 23.4 Å². The zero-order valence-corrected chi connectivity index (χ0v) is 13.5. The lowest BCUT2D eigenvalue weighted by molar-refractivity contribution is 0.101. The van der Waals surface area contributed by atoms with Crippen molar-refractivity contribution >= 4 is 15.8 Å². The van der Waals surface area contributed by atoms with Gasteiger partial charge in [-0.2, -0.15) is 4.31 Å². The summed E-state index contributed by atoms with van der Waals surface area (Å²) in [6, 6.07) is 13.5. The Bertz CT molecular complexity index is 845. The van der Waals surface area contributed by atoms with Crippen LogP contribution in [0.4, 0.5) is 0 Å². The Hall–Kier alpha value is -2.18. The summed E-state index contributed by atoms with van der Waals surface area (Å²) in [5.41, 5.74) is 1.22. The second kappa shape index (κ2) is 6.14. The van der Waals surface area contributed by atoms with Crippen LogP contribution in [-0.4, -0.2) is 31.7 Å². The summed E-state index contributed by atoms with van der Waals surface area (Å²) < 4.78 is 32.8. The van der Waals surface area contributed by atoms with Crippen LogP contribution in [0.3, 0.4) is 0 Å². The van der Waals surface area contributed by atoms with Crippen LogP contribution in [-0.2, 0) is 16.6 Å². The van der Waals surface area contributed by atoms with Crippen molar-refractivity contribution in [1.29, 1.82) is 0 Å². The fourth-order valence-corrected chi connectivity index (χ4v) is 3.98. The molecule has 2 aromatic carbocycles. The van der Waals surface area contributed by atoms with Gasteiger partial charge in [-0.3, -0.25) is 4.79 Å². The smallest absolute Gasteiger partial charge is 0.243 e. The van der Waals surface area contributed by atoms with Crippen LogP contribution >= 0.6 is 0 Å². The molecule has 1 aliphatic heterocycles. The summed E-state index contributed by atoms with van der Waals surface area (Å²) in [5, 5.41) is 0. The van der Waals surface area contributed by atoms with Crippen molar-refractivity contribution in [2.45, 2.75) is 18.4 Å². The highest BCUT2D eigenvalue weighted by Crippen LogP contribution is 2.26. The van der Waals surface area contributed by atoms with Crippen LogP contribution < -0.4 is 4.74 Å². The Morgan fingerprint density at radius 3 is 2.70 bits per heavy atom. The van der Waals surface area contributed by atoms with Gasteiger partial charge in [-0.05, 0) is 25.1 Å². The SMILES string of the molecule is CC(=O)c1cccc(S(=O)(=O)N2CCOc3ccccc3C2)c1. The Morgan fingerprint density at radius 1 is 1.13 bits per heavy atom. The van der Waals surface area contributed by atoms with Crippen molar-refractivity contribution in [2.75, 3.05) is 13.2 Å². The number of carbonyl (C=O) groups is 1. The van der Waals surface area contributed by atoms with Gasteiger partial charge in [0.25, 0.3) is 0 Å². The average molecular weight is 331 g/mol. The molecule has 0 saturated heterocycles. The number of para-hydroxylation sites is 1. The number of benzene rings is 2. The number of fused-ring (bicyclic) bond motifs is 1. The fraction of sp³-hybridized carbons (Fsp3) is 0.235. The van der Waals surface area contributed by atoms with E-state index in [-0.39, 0.29) is 23.8 Å². The molecule has 0 amide bonds. The normalized spacial score (nSPS) is 15.3. The first-order valence-corrected chi connectivity index (χ1v) is 8.74. The second-order valence-corrected chi connectivity index (χ2v) is 7.32. The summed E-state index contributed by atoms with van der Waals surface area (Å²) in [6.07, 6.45) is 0. The molecule has 0 bridgehead atoms. The monoisotopic (exact) mass is 331 g/mol. The topological polar surface area (TPSA) is 63.7 Å². The van der Waals surface area contributed by atoms with Gasteiger partial charge in [0, 0.05) is 24.2 Å². The van der Waals surface area contributed by atoms with Crippen molar-refractivity contribution in [3.05, 3.63) is 59.7 Å². The molecular formula is C17H17NO4S. The van der Waals surface area contributed by atoms with Gasteiger partial charge in [-0.1, -0.05) is 30.3 Å². The molecule has 120 valence electrons. The van der Waals surface area contributed by atoms with Crippen molar-refractivity contribution in [3.8, 4) is 5.75 Å². The lowest BCUT2D eigenvalue weighted by Crippen LogP contribution is -2.32. The van der Waals surface area contributed by atoms with Crippen molar-refractivity contribution in [1.82, 2.24) is 4.31 Å². The minimum absolute atomic E-state index is 0.129. The maximum Gasteiger partial charge on any atom is 0.243 e. The number of ether oxygens (including phenoxy) is 1. The van der Waals surface area contributed by atoms with Gasteiger partial charge in [0.2, 0.25) is 10.0 Å². The van der Waals surface area contributed by atoms with E-state index in [1.54, 1.807) is 12.1 Å². The van der Waals surface area contributed by atoms with Crippen LogP contribution in [0.15, 0.2) is 53.4 Å². The van der Waals surface area contributed by atoms with Crippen LogP contribution in [0.25, 0.3) is 0 Å². The second-order valence-electron chi connectivity index (χ2n) is 5.38. The van der Waals surface area contributed by atoms with E-state index >= 15 is 0 Å². The molecule has 1 heterocycles. The van der Waals surface area contributed by atoms with Crippen molar-refractivity contribution in [3.63, 3.8) is 0 Å². The fourth-order valence-electron chi connectivity index (χ4n) is 2.53. The Balaban J connectivity index is 1.97. The number of hydrogen-bond donors (Lipinski definition) is 0. The molecule has 0 atom stereocenters. The first-order chi connectivity index (χ1) is 11.0. The molecule has 6 heteroatoms. The summed E-state index contributed by atoms with van der Waals surface area (Å²) in [6.45, 7) is 2.23. The van der Waals surface area contributed by atoms with Gasteiger partial charge in [-0.25, -0.2) is 8.42 Å². The quantitative estimate of drug-likeness (QED) is 0.811. The van der Waals surface area contributed by atoms with E-state index in [4.69, 9.17) is 4.74 Å². The summed E-state index contributed by atoms with van der Waals surface area (Å²) in [7, 11) is -3.68. The highest BCUT2D eigenvalue weighted by molar-refractivity contribution is 7.89. The number of Topliss-reactive ketones (excluding diaryl/α,β-unsaturated/α-hetero) is 1. The van der Waals surface area contributed by atoms with E-state index < -0.39 is 10.0 Å². The number of nitrogens with zero attached hydrogens (tertiary/aromatic N) is 1. The number of sulfonamides is 1. The predicted octanol–water partition coefficient (Wildman–Crippen LogP) is 2.47. The van der Waals surface area contributed by atoms with E-state index in [0.717, 1.165) is 5.56 Å². The molecule has 0 spiro atoms. The van der Waals surface area contributed by atoms with Crippen LogP contribution in [0.2, 0.25) is 0 Å². The van der Waals surface area contributed by atoms with Crippen molar-refractivity contribution in [2.24, 2.45) is 0 Å². The number of carbonyl (C=O) groups excluding carboxylic acids is 1. The third kappa shape index (κ3) is 3.13. The van der Waals surface area contributed by atoms with Gasteiger partial charge >= 0.3 is 0 Å². The molecule has 1 aliphatic rings. The minimum atomic E-state index is -3.68. The number of ketones is 1. The summed E-state index contributed by atoms with van der Waals surface area (Å²) >= 11 is 0. The molecule has 0 fully saturated rings. The zero-order chi connectivity index (χ0) is 16.4. The first-order valence-electron chi connectivity index (χ1n) is 7.30. The molecule has 23 heavy (non-hydrogen) atoms. The van der Waals surface area contributed by atoms with Crippen LogP contribution in [0.5, 0.6) is 5.75 Å². The molecule has 0 aromatic heterocycles.